The van der Waals surface area contributed by atoms with E-state index in [9.17, 15) is 4.79 Å². The molecule has 0 aliphatic carbocycles. The molecule has 0 atom stereocenters. The Hall–Kier alpha value is -1.46. The SMILES string of the molecule is CC(C)COCCOc1c(Cl)cc(N)cc1C(=O)O. The number of nitrogens with two attached hydrogens (primary N) is 1. The minimum Gasteiger partial charge on any atom is -0.489 e. The Kier molecular flexibility index (Phi) is 5.92. The van der Waals surface area contributed by atoms with Gasteiger partial charge in [0.1, 0.15) is 12.2 Å². The van der Waals surface area contributed by atoms with E-state index >= 15 is 0 Å². The van der Waals surface area contributed by atoms with E-state index in [1.165, 1.54) is 12.1 Å². The number of carbonyl (C=O) groups is 1. The van der Waals surface area contributed by atoms with Crippen molar-refractivity contribution in [2.45, 2.75) is 13.8 Å². The van der Waals surface area contributed by atoms with Crippen molar-refractivity contribution >= 4 is 23.3 Å². The molecule has 0 unspecified atom stereocenters. The van der Waals surface area contributed by atoms with Gasteiger partial charge in [0.25, 0.3) is 0 Å². The zero-order chi connectivity index (χ0) is 14.4. The predicted octanol–water partition coefficient (Wildman–Crippen LogP) is 2.67. The molecule has 1 aromatic carbocycles. The fourth-order valence-electron chi connectivity index (χ4n) is 1.44. The molecule has 0 bridgehead atoms. The number of hydrogen-bond donors (Lipinski definition) is 2. The van der Waals surface area contributed by atoms with E-state index in [4.69, 9.17) is 31.9 Å². The van der Waals surface area contributed by atoms with Gasteiger partial charge >= 0.3 is 5.97 Å². The highest BCUT2D eigenvalue weighted by atomic mass is 35.5. The molecule has 0 saturated heterocycles. The lowest BCUT2D eigenvalue weighted by atomic mass is 10.2. The molecular formula is C13H18ClNO4. The molecule has 3 N–H and O–H groups in total. The van der Waals surface area contributed by atoms with Crippen molar-refractivity contribution in [3.8, 4) is 5.75 Å². The van der Waals surface area contributed by atoms with Crippen LogP contribution in [-0.4, -0.2) is 30.9 Å². The van der Waals surface area contributed by atoms with Gasteiger partial charge in [-0.1, -0.05) is 25.4 Å². The van der Waals surface area contributed by atoms with Gasteiger partial charge in [0.05, 0.1) is 11.6 Å². The van der Waals surface area contributed by atoms with Crippen molar-refractivity contribution in [3.63, 3.8) is 0 Å². The topological polar surface area (TPSA) is 81.8 Å². The van der Waals surface area contributed by atoms with E-state index in [-0.39, 0.29) is 28.6 Å². The minimum absolute atomic E-state index is 0.0474. The Labute approximate surface area is 117 Å². The first-order valence-electron chi connectivity index (χ1n) is 5.94. The molecule has 0 aromatic heterocycles. The van der Waals surface area contributed by atoms with Crippen molar-refractivity contribution in [3.05, 3.63) is 22.7 Å². The van der Waals surface area contributed by atoms with Crippen molar-refractivity contribution < 1.29 is 19.4 Å². The molecule has 0 saturated carbocycles. The molecule has 1 aromatic rings. The zero-order valence-corrected chi connectivity index (χ0v) is 11.7. The van der Waals surface area contributed by atoms with Gasteiger partial charge in [-0.3, -0.25) is 0 Å². The fourth-order valence-corrected chi connectivity index (χ4v) is 1.72. The number of ether oxygens (including phenoxy) is 2. The summed E-state index contributed by atoms with van der Waals surface area (Å²) in [5, 5.41) is 9.25. The summed E-state index contributed by atoms with van der Waals surface area (Å²) < 4.78 is 10.7. The van der Waals surface area contributed by atoms with E-state index in [2.05, 4.69) is 0 Å². The maximum absolute atomic E-state index is 11.1. The van der Waals surface area contributed by atoms with Crippen molar-refractivity contribution in [2.75, 3.05) is 25.6 Å². The molecule has 0 aliphatic rings. The lowest BCUT2D eigenvalue weighted by Gasteiger charge is -2.12. The largest absolute Gasteiger partial charge is 0.489 e. The number of nitrogen functional groups attached to an aromatic ring is 1. The second kappa shape index (κ2) is 7.21. The summed E-state index contributed by atoms with van der Waals surface area (Å²) in [5.41, 5.74) is 5.78. The maximum atomic E-state index is 11.1. The zero-order valence-electron chi connectivity index (χ0n) is 11.0. The van der Waals surface area contributed by atoms with E-state index in [1.54, 1.807) is 0 Å². The van der Waals surface area contributed by atoms with E-state index in [0.29, 0.717) is 19.1 Å². The quantitative estimate of drug-likeness (QED) is 0.595. The molecule has 0 amide bonds. The van der Waals surface area contributed by atoms with Crippen LogP contribution in [0.5, 0.6) is 5.75 Å². The van der Waals surface area contributed by atoms with Gasteiger partial charge in [0.2, 0.25) is 0 Å². The number of carboxylic acid groups (broad SMARTS) is 1. The third-order valence-electron chi connectivity index (χ3n) is 2.22. The van der Waals surface area contributed by atoms with Crippen LogP contribution in [0.2, 0.25) is 5.02 Å². The van der Waals surface area contributed by atoms with E-state index in [1.807, 2.05) is 13.8 Å². The molecule has 6 heteroatoms. The first-order valence-corrected chi connectivity index (χ1v) is 6.32. The second-order valence-corrected chi connectivity index (χ2v) is 4.91. The van der Waals surface area contributed by atoms with Gasteiger partial charge in [-0.25, -0.2) is 4.79 Å². The van der Waals surface area contributed by atoms with Crippen LogP contribution in [0.25, 0.3) is 0 Å². The number of halogens is 1. The third kappa shape index (κ3) is 4.96. The van der Waals surface area contributed by atoms with Crippen LogP contribution in [0.15, 0.2) is 12.1 Å². The molecule has 1 rings (SSSR count). The normalized spacial score (nSPS) is 10.7. The highest BCUT2D eigenvalue weighted by Gasteiger charge is 2.16. The van der Waals surface area contributed by atoms with Gasteiger partial charge in [-0.05, 0) is 18.1 Å². The summed E-state index contributed by atoms with van der Waals surface area (Å²) >= 11 is 5.93. The summed E-state index contributed by atoms with van der Waals surface area (Å²) in [4.78, 5) is 11.1. The number of carboxylic acids is 1. The van der Waals surface area contributed by atoms with Crippen LogP contribution >= 0.6 is 11.6 Å². The molecule has 0 radical (unpaired) electrons. The molecule has 0 heterocycles. The van der Waals surface area contributed by atoms with Crippen molar-refractivity contribution in [1.29, 1.82) is 0 Å². The van der Waals surface area contributed by atoms with Crippen LogP contribution in [0.3, 0.4) is 0 Å². The molecular weight excluding hydrogens is 270 g/mol. The minimum atomic E-state index is -1.13. The number of rotatable bonds is 7. The molecule has 19 heavy (non-hydrogen) atoms. The lowest BCUT2D eigenvalue weighted by Crippen LogP contribution is -2.12. The Morgan fingerprint density at radius 3 is 2.68 bits per heavy atom. The van der Waals surface area contributed by atoms with Crippen LogP contribution in [0.1, 0.15) is 24.2 Å². The highest BCUT2D eigenvalue weighted by molar-refractivity contribution is 6.33. The Morgan fingerprint density at radius 2 is 2.11 bits per heavy atom. The lowest BCUT2D eigenvalue weighted by molar-refractivity contribution is 0.0677. The van der Waals surface area contributed by atoms with Gasteiger partial charge in [0, 0.05) is 12.3 Å². The summed E-state index contributed by atoms with van der Waals surface area (Å²) in [5.74, 6) is -0.571. The van der Waals surface area contributed by atoms with E-state index in [0.717, 1.165) is 0 Å². The molecule has 0 spiro atoms. The number of anilines is 1. The van der Waals surface area contributed by atoms with Crippen molar-refractivity contribution in [1.82, 2.24) is 0 Å². The first kappa shape index (κ1) is 15.6. The summed E-state index contributed by atoms with van der Waals surface area (Å²) in [6, 6.07) is 2.77. The highest BCUT2D eigenvalue weighted by Crippen LogP contribution is 2.31. The Morgan fingerprint density at radius 1 is 1.42 bits per heavy atom. The van der Waals surface area contributed by atoms with Crippen LogP contribution in [0.4, 0.5) is 5.69 Å². The number of benzene rings is 1. The monoisotopic (exact) mass is 287 g/mol. The maximum Gasteiger partial charge on any atom is 0.339 e. The standard InChI is InChI=1S/C13H18ClNO4/c1-8(2)7-18-3-4-19-12-10(13(16)17)5-9(15)6-11(12)14/h5-6,8H,3-4,7,15H2,1-2H3,(H,16,17). The van der Waals surface area contributed by atoms with Crippen molar-refractivity contribution in [2.24, 2.45) is 5.92 Å². The molecule has 0 aliphatic heterocycles. The number of aromatic carboxylic acids is 1. The second-order valence-electron chi connectivity index (χ2n) is 4.50. The van der Waals surface area contributed by atoms with Crippen LogP contribution in [-0.2, 0) is 4.74 Å². The number of hydrogen-bond acceptors (Lipinski definition) is 4. The van der Waals surface area contributed by atoms with Crippen LogP contribution < -0.4 is 10.5 Å². The Balaban J connectivity index is 2.64. The average molecular weight is 288 g/mol. The Bertz CT molecular complexity index is 449. The first-order chi connectivity index (χ1) is 8.91. The predicted molar refractivity (Wildman–Crippen MR) is 74.0 cm³/mol. The van der Waals surface area contributed by atoms with Gasteiger partial charge < -0.3 is 20.3 Å². The van der Waals surface area contributed by atoms with Gasteiger partial charge in [0.15, 0.2) is 5.75 Å². The molecule has 106 valence electrons. The fraction of sp³-hybridized carbons (Fsp3) is 0.462. The summed E-state index contributed by atoms with van der Waals surface area (Å²) in [7, 11) is 0. The average Bonchev–Trinajstić information content (AvgIpc) is 2.29. The van der Waals surface area contributed by atoms with E-state index < -0.39 is 5.97 Å². The molecule has 5 nitrogen and oxygen atoms in total. The third-order valence-corrected chi connectivity index (χ3v) is 2.50. The molecule has 0 fully saturated rings. The summed E-state index contributed by atoms with van der Waals surface area (Å²) in [6.45, 7) is 5.32. The van der Waals surface area contributed by atoms with Gasteiger partial charge in [-0.2, -0.15) is 0 Å². The smallest absolute Gasteiger partial charge is 0.339 e. The van der Waals surface area contributed by atoms with Crippen LogP contribution in [0, 0.1) is 5.92 Å². The van der Waals surface area contributed by atoms with Gasteiger partial charge in [-0.15, -0.1) is 0 Å². The summed E-state index contributed by atoms with van der Waals surface area (Å²) in [6.07, 6.45) is 0.